The Hall–Kier alpha value is -0.690. The van der Waals surface area contributed by atoms with Crippen LogP contribution in [-0.4, -0.2) is 6.61 Å². The number of ether oxygens (including phenoxy) is 1. The molecule has 0 aliphatic carbocycles. The van der Waals surface area contributed by atoms with Gasteiger partial charge >= 0.3 is 0 Å². The molecule has 0 heterocycles. The maximum Gasteiger partial charge on any atom is 0.119 e. The molecule has 0 radical (unpaired) electrons. The van der Waals surface area contributed by atoms with Gasteiger partial charge in [-0.2, -0.15) is 0 Å². The Morgan fingerprint density at radius 1 is 1.27 bits per heavy atom. The largest absolute Gasteiger partial charge is 0.494 e. The van der Waals surface area contributed by atoms with Crippen LogP contribution >= 0.6 is 11.6 Å². The first-order chi connectivity index (χ1) is 5.33. The third kappa shape index (κ3) is 2.81. The van der Waals surface area contributed by atoms with Crippen molar-refractivity contribution < 1.29 is 4.74 Å². The topological polar surface area (TPSA) is 9.23 Å². The summed E-state index contributed by atoms with van der Waals surface area (Å²) < 4.78 is 5.35. The maximum absolute atomic E-state index is 5.69. The average Bonchev–Trinajstić information content (AvgIpc) is 2.04. The van der Waals surface area contributed by atoms with Gasteiger partial charge in [0.05, 0.1) is 6.61 Å². The zero-order chi connectivity index (χ0) is 8.10. The standard InChI is InChI=1S/C9H11ClO/c1-2-7-11-9-5-3-8(10)4-6-9/h3-6H,2,7H2,1H3. The van der Waals surface area contributed by atoms with Gasteiger partial charge in [-0.25, -0.2) is 0 Å². The molecule has 0 aromatic heterocycles. The lowest BCUT2D eigenvalue weighted by Crippen LogP contribution is -1.93. The summed E-state index contributed by atoms with van der Waals surface area (Å²) in [5.74, 6) is 0.885. The monoisotopic (exact) mass is 170 g/mol. The van der Waals surface area contributed by atoms with Crippen molar-refractivity contribution in [1.29, 1.82) is 0 Å². The second kappa shape index (κ2) is 4.24. The van der Waals surface area contributed by atoms with Crippen LogP contribution in [0.2, 0.25) is 5.02 Å². The highest BCUT2D eigenvalue weighted by Gasteiger charge is 1.90. The van der Waals surface area contributed by atoms with Crippen molar-refractivity contribution >= 4 is 11.6 Å². The molecule has 0 saturated heterocycles. The highest BCUT2D eigenvalue weighted by Crippen LogP contribution is 2.15. The first kappa shape index (κ1) is 8.41. The van der Waals surface area contributed by atoms with E-state index in [1.807, 2.05) is 24.3 Å². The molecule has 0 N–H and O–H groups in total. The van der Waals surface area contributed by atoms with Crippen LogP contribution in [0.15, 0.2) is 24.3 Å². The molecule has 0 aliphatic rings. The van der Waals surface area contributed by atoms with E-state index in [0.717, 1.165) is 23.8 Å². The Morgan fingerprint density at radius 2 is 1.91 bits per heavy atom. The molecule has 1 aromatic carbocycles. The average molecular weight is 171 g/mol. The lowest BCUT2D eigenvalue weighted by Gasteiger charge is -2.02. The van der Waals surface area contributed by atoms with Crippen molar-refractivity contribution in [3.63, 3.8) is 0 Å². The second-order valence-electron chi connectivity index (χ2n) is 2.30. The minimum Gasteiger partial charge on any atom is -0.494 e. The first-order valence-corrected chi connectivity index (χ1v) is 4.09. The quantitative estimate of drug-likeness (QED) is 0.677. The Bertz CT molecular complexity index is 205. The number of halogens is 1. The van der Waals surface area contributed by atoms with Crippen LogP contribution in [0.1, 0.15) is 13.3 Å². The molecule has 0 saturated carbocycles. The molecule has 0 atom stereocenters. The van der Waals surface area contributed by atoms with E-state index in [-0.39, 0.29) is 0 Å². The van der Waals surface area contributed by atoms with Gasteiger partial charge in [0.25, 0.3) is 0 Å². The maximum atomic E-state index is 5.69. The summed E-state index contributed by atoms with van der Waals surface area (Å²) in [5.41, 5.74) is 0. The number of benzene rings is 1. The van der Waals surface area contributed by atoms with Gasteiger partial charge in [-0.05, 0) is 30.7 Å². The van der Waals surface area contributed by atoms with Crippen LogP contribution in [-0.2, 0) is 0 Å². The Morgan fingerprint density at radius 3 is 2.45 bits per heavy atom. The summed E-state index contributed by atoms with van der Waals surface area (Å²) in [7, 11) is 0. The highest BCUT2D eigenvalue weighted by molar-refractivity contribution is 6.30. The van der Waals surface area contributed by atoms with Gasteiger partial charge in [-0.3, -0.25) is 0 Å². The molecule has 0 unspecified atom stereocenters. The van der Waals surface area contributed by atoms with Crippen molar-refractivity contribution in [1.82, 2.24) is 0 Å². The van der Waals surface area contributed by atoms with E-state index in [9.17, 15) is 0 Å². The fourth-order valence-electron chi connectivity index (χ4n) is 0.751. The van der Waals surface area contributed by atoms with Gasteiger partial charge in [0.15, 0.2) is 0 Å². The molecule has 1 nitrogen and oxygen atoms in total. The highest BCUT2D eigenvalue weighted by atomic mass is 35.5. The molecule has 0 bridgehead atoms. The predicted octanol–water partition coefficient (Wildman–Crippen LogP) is 3.13. The van der Waals surface area contributed by atoms with Crippen LogP contribution in [0, 0.1) is 0 Å². The van der Waals surface area contributed by atoms with Crippen molar-refractivity contribution in [3.05, 3.63) is 29.3 Å². The van der Waals surface area contributed by atoms with E-state index in [1.165, 1.54) is 0 Å². The number of hydrogen-bond donors (Lipinski definition) is 0. The minimum atomic E-state index is 0.744. The van der Waals surface area contributed by atoms with E-state index in [4.69, 9.17) is 16.3 Å². The van der Waals surface area contributed by atoms with Gasteiger partial charge in [-0.1, -0.05) is 18.5 Å². The molecule has 0 amide bonds. The van der Waals surface area contributed by atoms with Gasteiger partial charge in [0, 0.05) is 5.02 Å². The predicted molar refractivity (Wildman–Crippen MR) is 47.2 cm³/mol. The van der Waals surface area contributed by atoms with Crippen molar-refractivity contribution in [2.24, 2.45) is 0 Å². The van der Waals surface area contributed by atoms with E-state index < -0.39 is 0 Å². The molecular weight excluding hydrogens is 160 g/mol. The normalized spacial score (nSPS) is 9.64. The Kier molecular flexibility index (Phi) is 3.24. The van der Waals surface area contributed by atoms with Gasteiger partial charge in [0.2, 0.25) is 0 Å². The molecule has 1 aromatic rings. The Labute approximate surface area is 71.9 Å². The van der Waals surface area contributed by atoms with Crippen LogP contribution in [0.5, 0.6) is 5.75 Å². The smallest absolute Gasteiger partial charge is 0.119 e. The van der Waals surface area contributed by atoms with E-state index >= 15 is 0 Å². The first-order valence-electron chi connectivity index (χ1n) is 3.71. The molecule has 11 heavy (non-hydrogen) atoms. The van der Waals surface area contributed by atoms with E-state index in [0.29, 0.717) is 0 Å². The summed E-state index contributed by atoms with van der Waals surface area (Å²) in [6, 6.07) is 7.40. The summed E-state index contributed by atoms with van der Waals surface area (Å²) in [4.78, 5) is 0. The fraction of sp³-hybridized carbons (Fsp3) is 0.333. The van der Waals surface area contributed by atoms with Gasteiger partial charge in [-0.15, -0.1) is 0 Å². The summed E-state index contributed by atoms with van der Waals surface area (Å²) in [5, 5.41) is 0.744. The second-order valence-corrected chi connectivity index (χ2v) is 2.74. The zero-order valence-electron chi connectivity index (χ0n) is 6.51. The number of rotatable bonds is 3. The minimum absolute atomic E-state index is 0.744. The van der Waals surface area contributed by atoms with E-state index in [1.54, 1.807) is 0 Å². The lowest BCUT2D eigenvalue weighted by atomic mass is 10.3. The molecule has 2 heteroatoms. The summed E-state index contributed by atoms with van der Waals surface area (Å²) >= 11 is 5.69. The summed E-state index contributed by atoms with van der Waals surface area (Å²) in [6.07, 6.45) is 1.03. The van der Waals surface area contributed by atoms with Gasteiger partial charge in [0.1, 0.15) is 5.75 Å². The zero-order valence-corrected chi connectivity index (χ0v) is 7.27. The lowest BCUT2D eigenvalue weighted by molar-refractivity contribution is 0.317. The van der Waals surface area contributed by atoms with Crippen LogP contribution in [0.3, 0.4) is 0 Å². The van der Waals surface area contributed by atoms with Crippen molar-refractivity contribution in [3.8, 4) is 5.75 Å². The third-order valence-corrected chi connectivity index (χ3v) is 1.54. The van der Waals surface area contributed by atoms with Crippen LogP contribution in [0.4, 0.5) is 0 Å². The molecule has 1 rings (SSSR count). The van der Waals surface area contributed by atoms with E-state index in [2.05, 4.69) is 6.92 Å². The van der Waals surface area contributed by atoms with Crippen molar-refractivity contribution in [2.45, 2.75) is 13.3 Å². The molecule has 60 valence electrons. The third-order valence-electron chi connectivity index (χ3n) is 1.29. The SMILES string of the molecule is CCCOc1ccc(Cl)cc1. The van der Waals surface area contributed by atoms with Gasteiger partial charge < -0.3 is 4.74 Å². The summed E-state index contributed by atoms with van der Waals surface area (Å²) in [6.45, 7) is 2.84. The Balaban J connectivity index is 2.52. The molecule has 0 fully saturated rings. The fourth-order valence-corrected chi connectivity index (χ4v) is 0.877. The molecule has 0 aliphatic heterocycles. The molecule has 0 spiro atoms. The number of hydrogen-bond acceptors (Lipinski definition) is 1. The van der Waals surface area contributed by atoms with Crippen LogP contribution in [0.25, 0.3) is 0 Å². The van der Waals surface area contributed by atoms with Crippen LogP contribution < -0.4 is 4.74 Å². The molecular formula is C9H11ClO. The van der Waals surface area contributed by atoms with Crippen molar-refractivity contribution in [2.75, 3.05) is 6.61 Å².